The van der Waals surface area contributed by atoms with Crippen molar-refractivity contribution < 1.29 is 4.74 Å². The molecule has 1 aliphatic heterocycles. The molecule has 0 saturated heterocycles. The number of halogens is 1. The first-order chi connectivity index (χ1) is 9.31. The number of nitrogens with one attached hydrogen (secondary N) is 2. The van der Waals surface area contributed by atoms with E-state index >= 15 is 0 Å². The summed E-state index contributed by atoms with van der Waals surface area (Å²) < 4.78 is 7.12. The van der Waals surface area contributed by atoms with Crippen LogP contribution in [0.25, 0.3) is 0 Å². The molecule has 0 fully saturated rings. The molecule has 0 radical (unpaired) electrons. The molecule has 19 heavy (non-hydrogen) atoms. The summed E-state index contributed by atoms with van der Waals surface area (Å²) >= 11 is 5.24. The van der Waals surface area contributed by atoms with Crippen LogP contribution in [0.4, 0.5) is 5.69 Å². The molecule has 5 heteroatoms. The average Bonchev–Trinajstić information content (AvgIpc) is 2.84. The highest BCUT2D eigenvalue weighted by Crippen LogP contribution is 2.28. The van der Waals surface area contributed by atoms with Gasteiger partial charge in [-0.05, 0) is 40.2 Å². The number of benzene rings is 1. The van der Waals surface area contributed by atoms with Crippen LogP contribution in [-0.2, 0) is 6.54 Å². The summed E-state index contributed by atoms with van der Waals surface area (Å²) in [4.78, 5) is 1.33. The number of rotatable bonds is 4. The first kappa shape index (κ1) is 13.0. The molecule has 2 heterocycles. The average molecular weight is 339 g/mol. The summed E-state index contributed by atoms with van der Waals surface area (Å²) in [5.74, 6) is 0.944. The van der Waals surface area contributed by atoms with Gasteiger partial charge in [-0.25, -0.2) is 0 Å². The molecule has 2 N–H and O–H groups in total. The minimum Gasteiger partial charge on any atom is -0.485 e. The van der Waals surface area contributed by atoms with E-state index in [1.54, 1.807) is 11.3 Å². The zero-order valence-electron chi connectivity index (χ0n) is 10.4. The van der Waals surface area contributed by atoms with Crippen molar-refractivity contribution in [2.45, 2.75) is 12.6 Å². The summed E-state index contributed by atoms with van der Waals surface area (Å²) in [6.45, 7) is 2.58. The van der Waals surface area contributed by atoms with Crippen LogP contribution < -0.4 is 15.4 Å². The van der Waals surface area contributed by atoms with Gasteiger partial charge in [-0.15, -0.1) is 11.3 Å². The lowest BCUT2D eigenvalue weighted by Gasteiger charge is -2.27. The topological polar surface area (TPSA) is 33.3 Å². The number of hydrogen-bond donors (Lipinski definition) is 2. The fourth-order valence-electron chi connectivity index (χ4n) is 2.08. The molecule has 0 aliphatic carbocycles. The molecular weight excluding hydrogens is 324 g/mol. The molecule has 1 aliphatic rings. The Morgan fingerprint density at radius 1 is 1.32 bits per heavy atom. The van der Waals surface area contributed by atoms with E-state index in [1.807, 2.05) is 24.3 Å². The van der Waals surface area contributed by atoms with Crippen molar-refractivity contribution in [1.82, 2.24) is 5.32 Å². The minimum atomic E-state index is 0.179. The van der Waals surface area contributed by atoms with E-state index in [2.05, 4.69) is 38.7 Å². The van der Waals surface area contributed by atoms with Gasteiger partial charge in [0.1, 0.15) is 11.9 Å². The molecule has 1 aromatic carbocycles. The number of fused-ring (bicyclic) bond motifs is 1. The van der Waals surface area contributed by atoms with Gasteiger partial charge in [-0.1, -0.05) is 12.1 Å². The highest BCUT2D eigenvalue weighted by molar-refractivity contribution is 9.11. The van der Waals surface area contributed by atoms with Crippen molar-refractivity contribution in [2.24, 2.45) is 0 Å². The number of thiophene rings is 1. The van der Waals surface area contributed by atoms with E-state index in [0.29, 0.717) is 0 Å². The van der Waals surface area contributed by atoms with Gasteiger partial charge in [-0.3, -0.25) is 0 Å². The van der Waals surface area contributed by atoms with Gasteiger partial charge in [0.2, 0.25) is 0 Å². The lowest BCUT2D eigenvalue weighted by molar-refractivity contribution is 0.202. The summed E-state index contributed by atoms with van der Waals surface area (Å²) in [6, 6.07) is 12.3. The van der Waals surface area contributed by atoms with Gasteiger partial charge >= 0.3 is 0 Å². The van der Waals surface area contributed by atoms with E-state index < -0.39 is 0 Å². The van der Waals surface area contributed by atoms with Crippen molar-refractivity contribution in [3.8, 4) is 5.75 Å². The largest absolute Gasteiger partial charge is 0.485 e. The standard InChI is InChI=1S/C14H15BrN2OS/c15-14-6-5-11(19-14)9-16-7-10-8-17-12-3-1-2-4-13(12)18-10/h1-6,10,16-17H,7-9H2. The smallest absolute Gasteiger partial charge is 0.142 e. The predicted molar refractivity (Wildman–Crippen MR) is 83.1 cm³/mol. The number of anilines is 1. The molecule has 0 spiro atoms. The third-order valence-corrected chi connectivity index (χ3v) is 4.62. The molecule has 1 unspecified atom stereocenters. The second-order valence-electron chi connectivity index (χ2n) is 4.45. The van der Waals surface area contributed by atoms with Crippen LogP contribution in [0.15, 0.2) is 40.2 Å². The number of hydrogen-bond acceptors (Lipinski definition) is 4. The Hall–Kier alpha value is -1.04. The van der Waals surface area contributed by atoms with Gasteiger partial charge in [0, 0.05) is 18.0 Å². The molecule has 1 atom stereocenters. The van der Waals surface area contributed by atoms with E-state index in [0.717, 1.165) is 31.1 Å². The summed E-state index contributed by atoms with van der Waals surface area (Å²) in [7, 11) is 0. The normalized spacial score (nSPS) is 17.4. The van der Waals surface area contributed by atoms with Gasteiger partial charge in [0.05, 0.1) is 16.0 Å². The van der Waals surface area contributed by atoms with Crippen LogP contribution in [0, 0.1) is 0 Å². The molecular formula is C14H15BrN2OS. The fourth-order valence-corrected chi connectivity index (χ4v) is 3.53. The van der Waals surface area contributed by atoms with Crippen LogP contribution in [0.3, 0.4) is 0 Å². The Labute approximate surface area is 125 Å². The van der Waals surface area contributed by atoms with Gasteiger partial charge in [0.15, 0.2) is 0 Å². The molecule has 1 aromatic heterocycles. The zero-order valence-corrected chi connectivity index (χ0v) is 12.8. The van der Waals surface area contributed by atoms with Crippen LogP contribution in [0.2, 0.25) is 0 Å². The Bertz CT molecular complexity index is 558. The van der Waals surface area contributed by atoms with E-state index in [1.165, 1.54) is 8.66 Å². The van der Waals surface area contributed by atoms with Crippen molar-refractivity contribution in [3.05, 3.63) is 45.1 Å². The van der Waals surface area contributed by atoms with Gasteiger partial charge in [0.25, 0.3) is 0 Å². The fraction of sp³-hybridized carbons (Fsp3) is 0.286. The summed E-state index contributed by atoms with van der Waals surface area (Å²) in [5, 5.41) is 6.84. The second-order valence-corrected chi connectivity index (χ2v) is 7.00. The minimum absolute atomic E-state index is 0.179. The Kier molecular flexibility index (Phi) is 4.06. The molecule has 3 rings (SSSR count). The van der Waals surface area contributed by atoms with Crippen molar-refractivity contribution in [3.63, 3.8) is 0 Å². The van der Waals surface area contributed by atoms with E-state index in [9.17, 15) is 0 Å². The third kappa shape index (κ3) is 3.29. The highest BCUT2D eigenvalue weighted by atomic mass is 79.9. The molecule has 0 saturated carbocycles. The Morgan fingerprint density at radius 3 is 3.05 bits per heavy atom. The SMILES string of the molecule is Brc1ccc(CNCC2CNc3ccccc3O2)s1. The molecule has 100 valence electrons. The van der Waals surface area contributed by atoms with Crippen molar-refractivity contribution >= 4 is 33.0 Å². The highest BCUT2D eigenvalue weighted by Gasteiger charge is 2.18. The Morgan fingerprint density at radius 2 is 2.21 bits per heavy atom. The van der Waals surface area contributed by atoms with Crippen LogP contribution >= 0.6 is 27.3 Å². The predicted octanol–water partition coefficient (Wildman–Crippen LogP) is 3.47. The maximum Gasteiger partial charge on any atom is 0.142 e. The lowest BCUT2D eigenvalue weighted by Crippen LogP contribution is -2.39. The third-order valence-electron chi connectivity index (χ3n) is 3.00. The van der Waals surface area contributed by atoms with Gasteiger partial charge < -0.3 is 15.4 Å². The van der Waals surface area contributed by atoms with Crippen LogP contribution in [0.1, 0.15) is 4.88 Å². The van der Waals surface area contributed by atoms with Crippen molar-refractivity contribution in [1.29, 1.82) is 0 Å². The lowest BCUT2D eigenvalue weighted by atomic mass is 10.2. The first-order valence-corrected chi connectivity index (χ1v) is 7.87. The number of ether oxygens (including phenoxy) is 1. The number of para-hydroxylation sites is 2. The second kappa shape index (κ2) is 5.94. The summed E-state index contributed by atoms with van der Waals surface area (Å²) in [5.41, 5.74) is 1.08. The molecule has 3 nitrogen and oxygen atoms in total. The van der Waals surface area contributed by atoms with E-state index in [4.69, 9.17) is 4.74 Å². The van der Waals surface area contributed by atoms with Crippen molar-refractivity contribution in [2.75, 3.05) is 18.4 Å². The first-order valence-electron chi connectivity index (χ1n) is 6.26. The zero-order chi connectivity index (χ0) is 13.1. The molecule has 0 bridgehead atoms. The summed E-state index contributed by atoms with van der Waals surface area (Å²) in [6.07, 6.45) is 0.179. The van der Waals surface area contributed by atoms with Crippen LogP contribution in [-0.4, -0.2) is 19.2 Å². The molecule has 2 aromatic rings. The van der Waals surface area contributed by atoms with E-state index in [-0.39, 0.29) is 6.10 Å². The quantitative estimate of drug-likeness (QED) is 0.895. The Balaban J connectivity index is 1.50. The maximum absolute atomic E-state index is 5.94. The van der Waals surface area contributed by atoms with Crippen LogP contribution in [0.5, 0.6) is 5.75 Å². The van der Waals surface area contributed by atoms with Gasteiger partial charge in [-0.2, -0.15) is 0 Å². The maximum atomic E-state index is 5.94. The monoisotopic (exact) mass is 338 g/mol. The molecule has 0 amide bonds.